The number of nitrogens with one attached hydrogen (secondary N) is 1. The van der Waals surface area contributed by atoms with Crippen LogP contribution in [-0.4, -0.2) is 22.5 Å². The maximum Gasteiger partial charge on any atom is 0.340 e. The van der Waals surface area contributed by atoms with Crippen LogP contribution in [0.2, 0.25) is 0 Å². The molecule has 0 bridgehead atoms. The Morgan fingerprint density at radius 2 is 1.70 bits per heavy atom. The van der Waals surface area contributed by atoms with Gasteiger partial charge in [0.1, 0.15) is 23.7 Å². The van der Waals surface area contributed by atoms with Crippen LogP contribution < -0.4 is 4.74 Å². The van der Waals surface area contributed by atoms with Gasteiger partial charge in [0, 0.05) is 6.42 Å². The van der Waals surface area contributed by atoms with E-state index in [0.29, 0.717) is 24.3 Å². The lowest BCUT2D eigenvalue weighted by molar-refractivity contribution is 0.0528. The first-order valence-corrected chi connectivity index (χ1v) is 10.1. The minimum atomic E-state index is -0.341. The number of imidazole rings is 1. The van der Waals surface area contributed by atoms with Crippen LogP contribution in [0.5, 0.6) is 5.75 Å². The van der Waals surface area contributed by atoms with Gasteiger partial charge < -0.3 is 14.5 Å². The molecule has 0 aliphatic carbocycles. The summed E-state index contributed by atoms with van der Waals surface area (Å²) >= 11 is 0. The van der Waals surface area contributed by atoms with Crippen LogP contribution in [0.15, 0.2) is 72.8 Å². The van der Waals surface area contributed by atoms with Crippen molar-refractivity contribution in [1.82, 2.24) is 9.97 Å². The minimum Gasteiger partial charge on any atom is -0.489 e. The van der Waals surface area contributed by atoms with E-state index in [0.717, 1.165) is 35.5 Å². The molecule has 1 aromatic heterocycles. The quantitative estimate of drug-likeness (QED) is 0.418. The Bertz CT molecular complexity index is 1120. The fourth-order valence-corrected chi connectivity index (χ4v) is 3.33. The highest BCUT2D eigenvalue weighted by molar-refractivity contribution is 6.01. The van der Waals surface area contributed by atoms with Crippen molar-refractivity contribution in [1.29, 1.82) is 0 Å². The van der Waals surface area contributed by atoms with E-state index in [4.69, 9.17) is 9.47 Å². The van der Waals surface area contributed by atoms with E-state index in [1.165, 1.54) is 5.56 Å². The molecule has 0 fully saturated rings. The van der Waals surface area contributed by atoms with Crippen LogP contribution in [0.1, 0.15) is 34.2 Å². The number of fused-ring (bicyclic) bond motifs is 1. The van der Waals surface area contributed by atoms with Gasteiger partial charge in [-0.2, -0.15) is 0 Å². The number of hydrogen-bond acceptors (Lipinski definition) is 4. The molecule has 0 amide bonds. The molecule has 1 N–H and O–H groups in total. The number of para-hydroxylation sites is 1. The number of hydrogen-bond donors (Lipinski definition) is 1. The molecule has 0 aliphatic rings. The van der Waals surface area contributed by atoms with Crippen molar-refractivity contribution in [2.24, 2.45) is 0 Å². The molecule has 0 saturated heterocycles. The Balaban J connectivity index is 1.38. The number of esters is 1. The molecule has 0 aliphatic heterocycles. The van der Waals surface area contributed by atoms with Gasteiger partial charge in [-0.3, -0.25) is 0 Å². The third-order valence-corrected chi connectivity index (χ3v) is 4.88. The molecule has 5 heteroatoms. The number of rotatable bonds is 8. The maximum absolute atomic E-state index is 12.1. The lowest BCUT2D eigenvalue weighted by Gasteiger charge is -2.07. The Labute approximate surface area is 175 Å². The molecule has 5 nitrogen and oxygen atoms in total. The second-order valence-corrected chi connectivity index (χ2v) is 7.02. The van der Waals surface area contributed by atoms with Gasteiger partial charge in [-0.05, 0) is 48.7 Å². The molecule has 30 heavy (non-hydrogen) atoms. The topological polar surface area (TPSA) is 64.2 Å². The average Bonchev–Trinajstić information content (AvgIpc) is 3.21. The molecule has 152 valence electrons. The van der Waals surface area contributed by atoms with Gasteiger partial charge in [-0.1, -0.05) is 48.5 Å². The van der Waals surface area contributed by atoms with E-state index in [1.54, 1.807) is 13.0 Å². The van der Waals surface area contributed by atoms with Crippen LogP contribution >= 0.6 is 0 Å². The number of carbonyl (C=O) groups is 1. The minimum absolute atomic E-state index is 0.341. The van der Waals surface area contributed by atoms with Crippen molar-refractivity contribution in [2.45, 2.75) is 26.4 Å². The molecular formula is C25H24N2O3. The number of benzene rings is 3. The van der Waals surface area contributed by atoms with Gasteiger partial charge >= 0.3 is 5.97 Å². The lowest BCUT2D eigenvalue weighted by atomic mass is 10.1. The summed E-state index contributed by atoms with van der Waals surface area (Å²) in [6.45, 7) is 2.70. The van der Waals surface area contributed by atoms with Crippen LogP contribution in [0, 0.1) is 0 Å². The number of carbonyl (C=O) groups excluding carboxylic acids is 1. The van der Waals surface area contributed by atoms with E-state index < -0.39 is 0 Å². The van der Waals surface area contributed by atoms with Crippen molar-refractivity contribution in [2.75, 3.05) is 6.61 Å². The Kier molecular flexibility index (Phi) is 6.09. The third-order valence-electron chi connectivity index (χ3n) is 4.88. The first-order chi connectivity index (χ1) is 14.7. The summed E-state index contributed by atoms with van der Waals surface area (Å²) < 4.78 is 11.0. The van der Waals surface area contributed by atoms with Crippen molar-refractivity contribution in [3.63, 3.8) is 0 Å². The molecule has 1 heterocycles. The first kappa shape index (κ1) is 19.7. The predicted molar refractivity (Wildman–Crippen MR) is 117 cm³/mol. The van der Waals surface area contributed by atoms with Crippen molar-refractivity contribution < 1.29 is 14.3 Å². The molecule has 4 aromatic rings. The lowest BCUT2D eigenvalue weighted by Crippen LogP contribution is -2.05. The van der Waals surface area contributed by atoms with Crippen LogP contribution in [0.3, 0.4) is 0 Å². The third kappa shape index (κ3) is 4.69. The number of aryl methyl sites for hydroxylation is 2. The van der Waals surface area contributed by atoms with E-state index in [-0.39, 0.29) is 5.97 Å². The zero-order chi connectivity index (χ0) is 20.8. The van der Waals surface area contributed by atoms with Crippen molar-refractivity contribution in [3.8, 4) is 5.75 Å². The van der Waals surface area contributed by atoms with Gasteiger partial charge in [0.2, 0.25) is 0 Å². The predicted octanol–water partition coefficient (Wildman–Crippen LogP) is 5.10. The molecule has 4 rings (SSSR count). The number of aromatic nitrogens is 2. The number of H-pyrrole nitrogens is 1. The SMILES string of the molecule is CCOC(=O)c1cccc2[nH]c(CCc3ccc(OCc4ccccc4)cc3)nc12. The fourth-order valence-electron chi connectivity index (χ4n) is 3.33. The van der Waals surface area contributed by atoms with Gasteiger partial charge in [0.05, 0.1) is 17.7 Å². The summed E-state index contributed by atoms with van der Waals surface area (Å²) in [6.07, 6.45) is 1.59. The number of nitrogens with zero attached hydrogens (tertiary/aromatic N) is 1. The van der Waals surface area contributed by atoms with Gasteiger partial charge in [0.15, 0.2) is 0 Å². The molecule has 0 radical (unpaired) electrons. The summed E-state index contributed by atoms with van der Waals surface area (Å²) in [5.74, 6) is 1.36. The molecular weight excluding hydrogens is 376 g/mol. The summed E-state index contributed by atoms with van der Waals surface area (Å²) in [6, 6.07) is 23.8. The zero-order valence-electron chi connectivity index (χ0n) is 16.9. The van der Waals surface area contributed by atoms with Crippen LogP contribution in [0.25, 0.3) is 11.0 Å². The highest BCUT2D eigenvalue weighted by atomic mass is 16.5. The highest BCUT2D eigenvalue weighted by Crippen LogP contribution is 2.19. The van der Waals surface area contributed by atoms with Gasteiger partial charge in [-0.15, -0.1) is 0 Å². The molecule has 3 aromatic carbocycles. The largest absolute Gasteiger partial charge is 0.489 e. The molecule has 0 spiro atoms. The Morgan fingerprint density at radius 1 is 0.900 bits per heavy atom. The Hall–Kier alpha value is -3.60. The smallest absolute Gasteiger partial charge is 0.340 e. The standard InChI is InChI=1S/C25H24N2O3/c1-2-29-25(28)21-9-6-10-22-24(21)27-23(26-22)16-13-18-11-14-20(15-12-18)30-17-19-7-4-3-5-8-19/h3-12,14-15H,2,13,16-17H2,1H3,(H,26,27). The second kappa shape index (κ2) is 9.27. The van der Waals surface area contributed by atoms with Crippen molar-refractivity contribution in [3.05, 3.63) is 95.3 Å². The van der Waals surface area contributed by atoms with E-state index >= 15 is 0 Å². The monoisotopic (exact) mass is 400 g/mol. The summed E-state index contributed by atoms with van der Waals surface area (Å²) in [4.78, 5) is 20.1. The highest BCUT2D eigenvalue weighted by Gasteiger charge is 2.14. The molecule has 0 atom stereocenters. The fraction of sp³-hybridized carbons (Fsp3) is 0.200. The maximum atomic E-state index is 12.1. The van der Waals surface area contributed by atoms with E-state index in [9.17, 15) is 4.79 Å². The summed E-state index contributed by atoms with van der Waals surface area (Å²) in [5, 5.41) is 0. The van der Waals surface area contributed by atoms with Gasteiger partial charge in [0.25, 0.3) is 0 Å². The normalized spacial score (nSPS) is 10.8. The summed E-state index contributed by atoms with van der Waals surface area (Å²) in [7, 11) is 0. The Morgan fingerprint density at radius 3 is 2.47 bits per heavy atom. The molecule has 0 saturated carbocycles. The van der Waals surface area contributed by atoms with Crippen molar-refractivity contribution >= 4 is 17.0 Å². The zero-order valence-corrected chi connectivity index (χ0v) is 16.9. The number of aromatic amines is 1. The van der Waals surface area contributed by atoms with Gasteiger partial charge in [-0.25, -0.2) is 9.78 Å². The van der Waals surface area contributed by atoms with E-state index in [2.05, 4.69) is 34.2 Å². The number of ether oxygens (including phenoxy) is 2. The second-order valence-electron chi connectivity index (χ2n) is 7.02. The van der Waals surface area contributed by atoms with Crippen LogP contribution in [-0.2, 0) is 24.2 Å². The average molecular weight is 400 g/mol. The molecule has 0 unspecified atom stereocenters. The first-order valence-electron chi connectivity index (χ1n) is 10.1. The summed E-state index contributed by atoms with van der Waals surface area (Å²) in [5.41, 5.74) is 4.36. The van der Waals surface area contributed by atoms with E-state index in [1.807, 2.05) is 42.5 Å². The van der Waals surface area contributed by atoms with Crippen LogP contribution in [0.4, 0.5) is 0 Å².